The number of ketones is 2. The van der Waals surface area contributed by atoms with Gasteiger partial charge < -0.3 is 10.2 Å². The number of hydrogen-bond donors (Lipinski definition) is 1. The Kier molecular flexibility index (Phi) is 6.73. The third-order valence-electron chi connectivity index (χ3n) is 9.11. The number of allylic oxidation sites excluding steroid dienone is 1. The van der Waals surface area contributed by atoms with Crippen LogP contribution in [0.25, 0.3) is 5.57 Å². The van der Waals surface area contributed by atoms with E-state index in [9.17, 15) is 14.4 Å². The lowest BCUT2D eigenvalue weighted by atomic mass is 9.63. The van der Waals surface area contributed by atoms with E-state index < -0.39 is 28.8 Å². The summed E-state index contributed by atoms with van der Waals surface area (Å²) in [5.41, 5.74) is 3.69. The summed E-state index contributed by atoms with van der Waals surface area (Å²) in [5, 5.41) is 3.69. The van der Waals surface area contributed by atoms with Crippen molar-refractivity contribution < 1.29 is 14.4 Å². The van der Waals surface area contributed by atoms with Gasteiger partial charge in [-0.15, -0.1) is 0 Å². The van der Waals surface area contributed by atoms with E-state index >= 15 is 0 Å². The molecule has 1 amide bonds. The summed E-state index contributed by atoms with van der Waals surface area (Å²) in [5.74, 6) is -1.00. The van der Waals surface area contributed by atoms with Gasteiger partial charge in [0.15, 0.2) is 11.6 Å². The maximum Gasteiger partial charge on any atom is 0.238 e. The summed E-state index contributed by atoms with van der Waals surface area (Å²) in [7, 11) is 0. The molecule has 1 fully saturated rings. The molecule has 3 aromatic carbocycles. The second kappa shape index (κ2) is 9.95. The lowest BCUT2D eigenvalue weighted by Gasteiger charge is -2.40. The maximum absolute atomic E-state index is 14.9. The van der Waals surface area contributed by atoms with Gasteiger partial charge in [0.05, 0.1) is 12.0 Å². The number of para-hydroxylation sites is 1. The van der Waals surface area contributed by atoms with Gasteiger partial charge in [0, 0.05) is 32.9 Å². The SMILES string of the molecule is CC1=C[C@@H]2N(c3ccc(Cl)cc31)[C@@H](C(=O)C(C)(C)C)[C@@H](C(=O)c1ccc(CC(C)C)cc1)[C@]21C(=O)Nc2ccccc21. The summed E-state index contributed by atoms with van der Waals surface area (Å²) in [4.78, 5) is 46.0. The molecule has 0 bridgehead atoms. The van der Waals surface area contributed by atoms with E-state index in [0.29, 0.717) is 22.2 Å². The molecule has 3 aliphatic rings. The van der Waals surface area contributed by atoms with Crippen molar-refractivity contribution in [3.05, 3.63) is 100 Å². The summed E-state index contributed by atoms with van der Waals surface area (Å²) < 4.78 is 0. The number of amides is 1. The molecule has 4 atom stereocenters. The van der Waals surface area contributed by atoms with Crippen molar-refractivity contribution in [1.82, 2.24) is 0 Å². The molecule has 6 heteroatoms. The average Bonchev–Trinajstić information content (AvgIpc) is 3.40. The van der Waals surface area contributed by atoms with Crippen LogP contribution in [0.3, 0.4) is 0 Å². The van der Waals surface area contributed by atoms with Gasteiger partial charge in [0.2, 0.25) is 5.91 Å². The van der Waals surface area contributed by atoms with Crippen molar-refractivity contribution in [3.8, 4) is 0 Å². The fourth-order valence-electron chi connectivity index (χ4n) is 7.30. The first kappa shape index (κ1) is 28.4. The van der Waals surface area contributed by atoms with Crippen LogP contribution in [0.15, 0.2) is 72.8 Å². The van der Waals surface area contributed by atoms with E-state index in [1.165, 1.54) is 0 Å². The summed E-state index contributed by atoms with van der Waals surface area (Å²) >= 11 is 6.44. The molecule has 0 aliphatic carbocycles. The lowest BCUT2D eigenvalue weighted by molar-refractivity contribution is -0.128. The van der Waals surface area contributed by atoms with Crippen molar-refractivity contribution in [1.29, 1.82) is 0 Å². The van der Waals surface area contributed by atoms with Gasteiger partial charge in [0.25, 0.3) is 0 Å². The number of benzene rings is 3. The second-order valence-corrected chi connectivity index (χ2v) is 13.9. The number of nitrogens with one attached hydrogen (secondary N) is 1. The van der Waals surface area contributed by atoms with Crippen LogP contribution in [0.5, 0.6) is 0 Å². The highest BCUT2D eigenvalue weighted by Gasteiger charge is 2.71. The van der Waals surface area contributed by atoms with Gasteiger partial charge in [-0.25, -0.2) is 0 Å². The number of anilines is 2. The van der Waals surface area contributed by atoms with E-state index in [1.807, 2.05) is 99.3 Å². The van der Waals surface area contributed by atoms with Gasteiger partial charge in [-0.1, -0.05) is 94.8 Å². The van der Waals surface area contributed by atoms with Crippen molar-refractivity contribution in [2.75, 3.05) is 10.2 Å². The Labute approximate surface area is 253 Å². The number of hydrogen-bond acceptors (Lipinski definition) is 4. The molecule has 216 valence electrons. The maximum atomic E-state index is 14.9. The van der Waals surface area contributed by atoms with E-state index in [1.54, 1.807) is 0 Å². The molecule has 5 nitrogen and oxygen atoms in total. The predicted molar refractivity (Wildman–Crippen MR) is 169 cm³/mol. The van der Waals surface area contributed by atoms with Crippen LogP contribution in [0.4, 0.5) is 11.4 Å². The first-order valence-corrected chi connectivity index (χ1v) is 15.1. The van der Waals surface area contributed by atoms with Gasteiger partial charge in [-0.05, 0) is 60.2 Å². The number of carbonyl (C=O) groups is 3. The monoisotopic (exact) mass is 580 g/mol. The van der Waals surface area contributed by atoms with Crippen molar-refractivity contribution in [3.63, 3.8) is 0 Å². The Hall–Kier alpha value is -3.70. The molecule has 3 heterocycles. The minimum Gasteiger partial charge on any atom is -0.352 e. The first-order chi connectivity index (χ1) is 19.9. The molecule has 3 aromatic rings. The zero-order valence-corrected chi connectivity index (χ0v) is 25.8. The zero-order valence-electron chi connectivity index (χ0n) is 25.0. The molecule has 3 aliphatic heterocycles. The lowest BCUT2D eigenvalue weighted by Crippen LogP contribution is -2.51. The molecule has 0 saturated carbocycles. The highest BCUT2D eigenvalue weighted by Crippen LogP contribution is 2.59. The number of rotatable bonds is 5. The van der Waals surface area contributed by atoms with Crippen molar-refractivity contribution in [2.24, 2.45) is 17.3 Å². The molecule has 42 heavy (non-hydrogen) atoms. The number of nitrogens with zero attached hydrogens (tertiary/aromatic N) is 1. The molecule has 1 saturated heterocycles. The molecule has 1 spiro atoms. The van der Waals surface area contributed by atoms with Gasteiger partial charge in [-0.3, -0.25) is 14.4 Å². The van der Waals surface area contributed by atoms with Crippen LogP contribution in [-0.2, 0) is 21.4 Å². The van der Waals surface area contributed by atoms with Crippen LogP contribution in [0.2, 0.25) is 5.02 Å². The highest BCUT2D eigenvalue weighted by molar-refractivity contribution is 6.31. The molecular weight excluding hydrogens is 544 g/mol. The number of carbonyl (C=O) groups excluding carboxylic acids is 3. The van der Waals surface area contributed by atoms with Crippen LogP contribution in [0, 0.1) is 17.3 Å². The Morgan fingerprint density at radius 3 is 2.38 bits per heavy atom. The first-order valence-electron chi connectivity index (χ1n) is 14.7. The number of fused-ring (bicyclic) bond motifs is 6. The Morgan fingerprint density at radius 1 is 1.02 bits per heavy atom. The highest BCUT2D eigenvalue weighted by atomic mass is 35.5. The molecule has 1 N–H and O–H groups in total. The predicted octanol–water partition coefficient (Wildman–Crippen LogP) is 7.52. The van der Waals surface area contributed by atoms with Crippen molar-refractivity contribution >= 4 is 46.0 Å². The summed E-state index contributed by atoms with van der Waals surface area (Å²) in [6, 6.07) is 19.5. The standard InChI is InChI=1S/C36H37ClN2O3/c1-20(2)17-22-11-13-23(14-12-22)32(40)30-31(33(41)35(4,5)6)39-28-16-15-24(37)19-25(28)21(3)18-29(39)36(30)26-9-7-8-10-27(26)38-34(36)42/h7-16,18-20,29-31H,17H2,1-6H3,(H,38,42)/t29-,30-,31+,36+/m0/s1. The number of Topliss-reactive ketones (excluding diaryl/α,β-unsaturated/α-hetero) is 2. The van der Waals surface area contributed by atoms with Gasteiger partial charge >= 0.3 is 0 Å². The fourth-order valence-corrected chi connectivity index (χ4v) is 7.48. The summed E-state index contributed by atoms with van der Waals surface area (Å²) in [6.45, 7) is 12.0. The smallest absolute Gasteiger partial charge is 0.238 e. The average molecular weight is 581 g/mol. The summed E-state index contributed by atoms with van der Waals surface area (Å²) in [6.07, 6.45) is 2.96. The van der Waals surface area contributed by atoms with Crippen LogP contribution >= 0.6 is 11.6 Å². The van der Waals surface area contributed by atoms with Gasteiger partial charge in [0.1, 0.15) is 11.5 Å². The van der Waals surface area contributed by atoms with Crippen LogP contribution < -0.4 is 10.2 Å². The largest absolute Gasteiger partial charge is 0.352 e. The van der Waals surface area contributed by atoms with Crippen LogP contribution in [0.1, 0.15) is 68.6 Å². The van der Waals surface area contributed by atoms with Crippen molar-refractivity contribution in [2.45, 2.75) is 65.5 Å². The topological polar surface area (TPSA) is 66.5 Å². The van der Waals surface area contributed by atoms with Crippen LogP contribution in [-0.4, -0.2) is 29.6 Å². The molecular formula is C36H37ClN2O3. The van der Waals surface area contributed by atoms with E-state index in [2.05, 4.69) is 25.2 Å². The Morgan fingerprint density at radius 2 is 1.71 bits per heavy atom. The third kappa shape index (κ3) is 4.16. The van der Waals surface area contributed by atoms with Gasteiger partial charge in [-0.2, -0.15) is 0 Å². The van der Waals surface area contributed by atoms with E-state index in [4.69, 9.17) is 11.6 Å². The molecule has 0 unspecified atom stereocenters. The normalized spacial score (nSPS) is 24.3. The molecule has 0 radical (unpaired) electrons. The third-order valence-corrected chi connectivity index (χ3v) is 9.35. The minimum absolute atomic E-state index is 0.0785. The van der Waals surface area contributed by atoms with E-state index in [-0.39, 0.29) is 17.5 Å². The quantitative estimate of drug-likeness (QED) is 0.317. The Balaban J connectivity index is 1.64. The Bertz CT molecular complexity index is 1650. The number of halogens is 1. The minimum atomic E-state index is -1.31. The second-order valence-electron chi connectivity index (χ2n) is 13.4. The van der Waals surface area contributed by atoms with E-state index in [0.717, 1.165) is 34.4 Å². The molecule has 6 rings (SSSR count). The zero-order chi connectivity index (χ0) is 30.1. The fraction of sp³-hybridized carbons (Fsp3) is 0.361. The molecule has 0 aromatic heterocycles.